The number of likely N-dealkylation sites (tertiary alicyclic amines) is 1. The van der Waals surface area contributed by atoms with E-state index in [1.165, 1.54) is 24.0 Å². The van der Waals surface area contributed by atoms with Gasteiger partial charge in [0.1, 0.15) is 0 Å². The summed E-state index contributed by atoms with van der Waals surface area (Å²) in [6.07, 6.45) is -0.431. The van der Waals surface area contributed by atoms with E-state index in [1.54, 1.807) is 12.1 Å². The molecule has 2 N–H and O–H groups in total. The van der Waals surface area contributed by atoms with E-state index in [2.05, 4.69) is 5.32 Å². The van der Waals surface area contributed by atoms with Crippen LogP contribution in [0.4, 0.5) is 10.5 Å². The standard InChI is InChI=1S/C14H18N2O5S/c1-10(17)15-11-2-4-12(5-3-11)22(20,21)13-6-8-16(9-7-13)14(18)19/h2-5,13H,6-9H2,1H3,(H,15,17)(H,18,19). The van der Waals surface area contributed by atoms with E-state index in [-0.39, 0.29) is 23.9 Å². The molecular formula is C14H18N2O5S. The highest BCUT2D eigenvalue weighted by molar-refractivity contribution is 7.92. The number of hydrogen-bond acceptors (Lipinski definition) is 4. The zero-order valence-corrected chi connectivity index (χ0v) is 13.0. The number of anilines is 1. The van der Waals surface area contributed by atoms with Crippen LogP contribution < -0.4 is 5.32 Å². The molecule has 1 aliphatic heterocycles. The summed E-state index contributed by atoms with van der Waals surface area (Å²) in [5, 5.41) is 10.9. The first kappa shape index (κ1) is 16.3. The summed E-state index contributed by atoms with van der Waals surface area (Å²) in [5.41, 5.74) is 0.534. The minimum Gasteiger partial charge on any atom is -0.465 e. The van der Waals surface area contributed by atoms with E-state index in [0.717, 1.165) is 0 Å². The van der Waals surface area contributed by atoms with Crippen LogP contribution in [0.2, 0.25) is 0 Å². The van der Waals surface area contributed by atoms with Crippen molar-refractivity contribution in [3.63, 3.8) is 0 Å². The molecule has 1 aromatic carbocycles. The normalized spacial score (nSPS) is 16.3. The van der Waals surface area contributed by atoms with Gasteiger partial charge in [0.2, 0.25) is 5.91 Å². The predicted molar refractivity (Wildman–Crippen MR) is 80.6 cm³/mol. The Bertz CT molecular complexity index is 661. The number of carbonyl (C=O) groups excluding carboxylic acids is 1. The molecule has 1 aliphatic rings. The van der Waals surface area contributed by atoms with E-state index in [9.17, 15) is 18.0 Å². The van der Waals surface area contributed by atoms with Crippen molar-refractivity contribution in [2.75, 3.05) is 18.4 Å². The second-order valence-electron chi connectivity index (χ2n) is 5.22. The van der Waals surface area contributed by atoms with Crippen molar-refractivity contribution >= 4 is 27.5 Å². The summed E-state index contributed by atoms with van der Waals surface area (Å²) in [4.78, 5) is 23.2. The number of sulfone groups is 1. The number of benzene rings is 1. The van der Waals surface area contributed by atoms with E-state index >= 15 is 0 Å². The molecule has 8 heteroatoms. The fourth-order valence-electron chi connectivity index (χ4n) is 2.48. The van der Waals surface area contributed by atoms with Gasteiger partial charge in [0.05, 0.1) is 10.1 Å². The van der Waals surface area contributed by atoms with Gasteiger partial charge in [0.25, 0.3) is 0 Å². The molecule has 7 nitrogen and oxygen atoms in total. The third kappa shape index (κ3) is 3.56. The maximum atomic E-state index is 12.5. The fourth-order valence-corrected chi connectivity index (χ4v) is 4.21. The maximum absolute atomic E-state index is 12.5. The monoisotopic (exact) mass is 326 g/mol. The number of amides is 2. The average molecular weight is 326 g/mol. The molecule has 0 atom stereocenters. The van der Waals surface area contributed by atoms with Crippen molar-refractivity contribution in [3.8, 4) is 0 Å². The predicted octanol–water partition coefficient (Wildman–Crippen LogP) is 1.56. The summed E-state index contributed by atoms with van der Waals surface area (Å²) < 4.78 is 25.1. The van der Waals surface area contributed by atoms with Gasteiger partial charge >= 0.3 is 6.09 Å². The summed E-state index contributed by atoms with van der Waals surface area (Å²) in [7, 11) is -3.49. The lowest BCUT2D eigenvalue weighted by Gasteiger charge is -2.29. The molecule has 120 valence electrons. The van der Waals surface area contributed by atoms with Gasteiger partial charge in [-0.2, -0.15) is 0 Å². The molecule has 0 radical (unpaired) electrons. The Kier molecular flexibility index (Phi) is 4.70. The van der Waals surface area contributed by atoms with Crippen molar-refractivity contribution in [1.29, 1.82) is 0 Å². The van der Waals surface area contributed by atoms with Crippen LogP contribution in [0.3, 0.4) is 0 Å². The molecular weight excluding hydrogens is 308 g/mol. The molecule has 1 aromatic rings. The van der Waals surface area contributed by atoms with E-state index in [0.29, 0.717) is 18.5 Å². The fraction of sp³-hybridized carbons (Fsp3) is 0.429. The number of carboxylic acid groups (broad SMARTS) is 1. The van der Waals surface area contributed by atoms with Crippen LogP contribution in [0, 0.1) is 0 Å². The van der Waals surface area contributed by atoms with Crippen LogP contribution in [-0.4, -0.2) is 48.8 Å². The molecule has 1 fully saturated rings. The first-order chi connectivity index (χ1) is 10.3. The minimum absolute atomic E-state index is 0.190. The molecule has 0 saturated carbocycles. The van der Waals surface area contributed by atoms with Gasteiger partial charge in [-0.25, -0.2) is 13.2 Å². The van der Waals surface area contributed by atoms with Gasteiger partial charge < -0.3 is 15.3 Å². The molecule has 1 saturated heterocycles. The zero-order valence-electron chi connectivity index (χ0n) is 12.2. The van der Waals surface area contributed by atoms with Gasteiger partial charge in [0, 0.05) is 25.7 Å². The zero-order chi connectivity index (χ0) is 16.3. The molecule has 0 aliphatic carbocycles. The van der Waals surface area contributed by atoms with Crippen LogP contribution in [0.5, 0.6) is 0 Å². The second kappa shape index (κ2) is 6.35. The lowest BCUT2D eigenvalue weighted by atomic mass is 10.1. The van der Waals surface area contributed by atoms with Crippen molar-refractivity contribution < 1.29 is 23.1 Å². The largest absolute Gasteiger partial charge is 0.465 e. The van der Waals surface area contributed by atoms with Gasteiger partial charge in [-0.15, -0.1) is 0 Å². The van der Waals surface area contributed by atoms with Crippen LogP contribution in [-0.2, 0) is 14.6 Å². The third-order valence-corrected chi connectivity index (χ3v) is 5.93. The first-order valence-corrected chi connectivity index (χ1v) is 8.45. The Labute approximate surface area is 128 Å². The number of nitrogens with one attached hydrogen (secondary N) is 1. The van der Waals surface area contributed by atoms with Crippen molar-refractivity contribution in [1.82, 2.24) is 4.90 Å². The topological polar surface area (TPSA) is 104 Å². The SMILES string of the molecule is CC(=O)Nc1ccc(S(=O)(=O)C2CCN(C(=O)O)CC2)cc1. The van der Waals surface area contributed by atoms with Gasteiger partial charge in [0.15, 0.2) is 9.84 Å². The Morgan fingerprint density at radius 1 is 1.18 bits per heavy atom. The van der Waals surface area contributed by atoms with Crippen LogP contribution in [0.25, 0.3) is 0 Å². The summed E-state index contributed by atoms with van der Waals surface area (Å²) in [5.74, 6) is -0.225. The smallest absolute Gasteiger partial charge is 0.407 e. The third-order valence-electron chi connectivity index (χ3n) is 3.65. The quantitative estimate of drug-likeness (QED) is 0.877. The van der Waals surface area contributed by atoms with Crippen molar-refractivity contribution in [2.45, 2.75) is 29.9 Å². The second-order valence-corrected chi connectivity index (χ2v) is 7.45. The number of piperidine rings is 1. The number of hydrogen-bond donors (Lipinski definition) is 2. The molecule has 2 rings (SSSR count). The lowest BCUT2D eigenvalue weighted by Crippen LogP contribution is -2.41. The summed E-state index contributed by atoms with van der Waals surface area (Å²) in [6, 6.07) is 6.01. The Morgan fingerprint density at radius 3 is 2.18 bits per heavy atom. The number of rotatable bonds is 3. The molecule has 0 bridgehead atoms. The van der Waals surface area contributed by atoms with Crippen molar-refractivity contribution in [2.24, 2.45) is 0 Å². The Morgan fingerprint density at radius 2 is 1.73 bits per heavy atom. The maximum Gasteiger partial charge on any atom is 0.407 e. The number of carbonyl (C=O) groups is 2. The summed E-state index contributed by atoms with van der Waals surface area (Å²) in [6.45, 7) is 1.83. The minimum atomic E-state index is -3.49. The van der Waals surface area contributed by atoms with Crippen molar-refractivity contribution in [3.05, 3.63) is 24.3 Å². The molecule has 0 spiro atoms. The molecule has 2 amide bonds. The first-order valence-electron chi connectivity index (χ1n) is 6.90. The Balaban J connectivity index is 2.10. The van der Waals surface area contributed by atoms with Gasteiger partial charge in [-0.05, 0) is 37.1 Å². The molecule has 0 unspecified atom stereocenters. The summed E-state index contributed by atoms with van der Waals surface area (Å²) >= 11 is 0. The highest BCUT2D eigenvalue weighted by Crippen LogP contribution is 2.25. The highest BCUT2D eigenvalue weighted by Gasteiger charge is 2.32. The molecule has 22 heavy (non-hydrogen) atoms. The van der Waals surface area contributed by atoms with E-state index in [1.807, 2.05) is 0 Å². The van der Waals surface area contributed by atoms with Crippen LogP contribution >= 0.6 is 0 Å². The molecule has 0 aromatic heterocycles. The lowest BCUT2D eigenvalue weighted by molar-refractivity contribution is -0.114. The van der Waals surface area contributed by atoms with E-state index < -0.39 is 21.2 Å². The average Bonchev–Trinajstić information content (AvgIpc) is 2.47. The van der Waals surface area contributed by atoms with Gasteiger partial charge in [-0.3, -0.25) is 4.79 Å². The molecule has 1 heterocycles. The van der Waals surface area contributed by atoms with E-state index in [4.69, 9.17) is 5.11 Å². The van der Waals surface area contributed by atoms with Gasteiger partial charge in [-0.1, -0.05) is 0 Å². The van der Waals surface area contributed by atoms with Crippen LogP contribution in [0.15, 0.2) is 29.2 Å². The highest BCUT2D eigenvalue weighted by atomic mass is 32.2. The van der Waals surface area contributed by atoms with Crippen LogP contribution in [0.1, 0.15) is 19.8 Å². The number of nitrogens with zero attached hydrogens (tertiary/aromatic N) is 1. The Hall–Kier alpha value is -2.09.